The lowest BCUT2D eigenvalue weighted by Crippen LogP contribution is -2.33. The van der Waals surface area contributed by atoms with Gasteiger partial charge in [0.05, 0.1) is 0 Å². The fraction of sp³-hybridized carbons (Fsp3) is 0.909. The van der Waals surface area contributed by atoms with Crippen molar-refractivity contribution in [2.45, 2.75) is 39.2 Å². The van der Waals surface area contributed by atoms with Gasteiger partial charge in [-0.3, -0.25) is 4.99 Å². The highest BCUT2D eigenvalue weighted by molar-refractivity contribution is 8.13. The molecule has 1 heterocycles. The molecule has 2 unspecified atom stereocenters. The van der Waals surface area contributed by atoms with Gasteiger partial charge in [0, 0.05) is 18.3 Å². The first-order valence-corrected chi connectivity index (χ1v) is 6.66. The molecule has 0 radical (unpaired) electrons. The van der Waals surface area contributed by atoms with Crippen molar-refractivity contribution in [3.63, 3.8) is 0 Å². The van der Waals surface area contributed by atoms with Crippen molar-refractivity contribution in [3.8, 4) is 0 Å². The van der Waals surface area contributed by atoms with Gasteiger partial charge in [-0.1, -0.05) is 31.5 Å². The second-order valence-electron chi connectivity index (χ2n) is 4.79. The summed E-state index contributed by atoms with van der Waals surface area (Å²) in [6, 6.07) is 0.613. The monoisotopic (exact) mass is 212 g/mol. The van der Waals surface area contributed by atoms with E-state index in [1.165, 1.54) is 30.2 Å². The first-order valence-electron chi connectivity index (χ1n) is 5.68. The molecule has 0 amide bonds. The van der Waals surface area contributed by atoms with Crippen LogP contribution >= 0.6 is 11.8 Å². The van der Waals surface area contributed by atoms with E-state index >= 15 is 0 Å². The molecule has 0 saturated heterocycles. The third kappa shape index (κ3) is 3.19. The molecule has 2 nitrogen and oxygen atoms in total. The standard InChI is InChI=1S/C11H20N2S/c1-8-6-12-11(14-7-8)13-9(2)5-10-3-4-10/h8-10H,3-7H2,1-2H3,(H,12,13). The maximum Gasteiger partial charge on any atom is 0.156 e. The molecule has 1 fully saturated rings. The average molecular weight is 212 g/mol. The largest absolute Gasteiger partial charge is 0.362 e. The van der Waals surface area contributed by atoms with E-state index in [2.05, 4.69) is 24.2 Å². The van der Waals surface area contributed by atoms with Crippen molar-refractivity contribution in [3.05, 3.63) is 0 Å². The number of nitrogens with zero attached hydrogens (tertiary/aromatic N) is 1. The zero-order valence-electron chi connectivity index (χ0n) is 9.12. The van der Waals surface area contributed by atoms with E-state index in [4.69, 9.17) is 0 Å². The van der Waals surface area contributed by atoms with Crippen molar-refractivity contribution in [2.75, 3.05) is 12.3 Å². The summed E-state index contributed by atoms with van der Waals surface area (Å²) < 4.78 is 0. The Labute approximate surface area is 90.9 Å². The second kappa shape index (κ2) is 4.56. The minimum absolute atomic E-state index is 0.613. The fourth-order valence-corrected chi connectivity index (χ4v) is 2.77. The highest BCUT2D eigenvalue weighted by atomic mass is 32.2. The smallest absolute Gasteiger partial charge is 0.156 e. The number of hydrogen-bond acceptors (Lipinski definition) is 3. The van der Waals surface area contributed by atoms with Crippen LogP contribution in [0.3, 0.4) is 0 Å². The van der Waals surface area contributed by atoms with E-state index in [-0.39, 0.29) is 0 Å². The SMILES string of the molecule is CC1CN=C(NC(C)CC2CC2)SC1. The van der Waals surface area contributed by atoms with Crippen LogP contribution in [0.15, 0.2) is 4.99 Å². The summed E-state index contributed by atoms with van der Waals surface area (Å²) in [5.74, 6) is 2.98. The van der Waals surface area contributed by atoms with E-state index in [0.29, 0.717) is 6.04 Å². The van der Waals surface area contributed by atoms with Crippen LogP contribution in [0.4, 0.5) is 0 Å². The molecule has 0 spiro atoms. The first kappa shape index (κ1) is 10.3. The molecule has 80 valence electrons. The van der Waals surface area contributed by atoms with E-state index < -0.39 is 0 Å². The van der Waals surface area contributed by atoms with Crippen LogP contribution in [0.25, 0.3) is 0 Å². The molecule has 0 aromatic rings. The van der Waals surface area contributed by atoms with E-state index in [1.807, 2.05) is 11.8 Å². The van der Waals surface area contributed by atoms with Crippen molar-refractivity contribution >= 4 is 16.9 Å². The molecule has 2 aliphatic rings. The van der Waals surface area contributed by atoms with Gasteiger partial charge in [-0.25, -0.2) is 0 Å². The molecule has 1 aliphatic heterocycles. The summed E-state index contributed by atoms with van der Waals surface area (Å²) >= 11 is 1.89. The Hall–Kier alpha value is -0.180. The molecule has 2 atom stereocenters. The predicted molar refractivity (Wildman–Crippen MR) is 63.9 cm³/mol. The molecule has 2 rings (SSSR count). The lowest BCUT2D eigenvalue weighted by molar-refractivity contribution is 0.562. The maximum absolute atomic E-state index is 4.55. The van der Waals surface area contributed by atoms with Gasteiger partial charge in [0.15, 0.2) is 5.17 Å². The van der Waals surface area contributed by atoms with Crippen LogP contribution in [0, 0.1) is 11.8 Å². The molecule has 0 aromatic heterocycles. The zero-order valence-corrected chi connectivity index (χ0v) is 9.94. The number of aliphatic imine (C=N–C) groups is 1. The Morgan fingerprint density at radius 3 is 2.93 bits per heavy atom. The minimum Gasteiger partial charge on any atom is -0.362 e. The normalized spacial score (nSPS) is 29.6. The fourth-order valence-electron chi connectivity index (χ4n) is 1.77. The third-order valence-electron chi connectivity index (χ3n) is 2.80. The number of amidine groups is 1. The van der Waals surface area contributed by atoms with Crippen molar-refractivity contribution in [1.29, 1.82) is 0 Å². The number of thioether (sulfide) groups is 1. The average Bonchev–Trinajstić information content (AvgIpc) is 2.93. The quantitative estimate of drug-likeness (QED) is 0.777. The molecule has 1 saturated carbocycles. The molecule has 14 heavy (non-hydrogen) atoms. The Balaban J connectivity index is 1.72. The van der Waals surface area contributed by atoms with Crippen LogP contribution in [0.2, 0.25) is 0 Å². The van der Waals surface area contributed by atoms with E-state index in [9.17, 15) is 0 Å². The van der Waals surface area contributed by atoms with Gasteiger partial charge in [-0.15, -0.1) is 0 Å². The van der Waals surface area contributed by atoms with Crippen molar-refractivity contribution in [1.82, 2.24) is 5.32 Å². The van der Waals surface area contributed by atoms with Gasteiger partial charge in [-0.2, -0.15) is 0 Å². The Kier molecular flexibility index (Phi) is 3.37. The second-order valence-corrected chi connectivity index (χ2v) is 5.80. The third-order valence-corrected chi connectivity index (χ3v) is 4.06. The van der Waals surface area contributed by atoms with E-state index in [0.717, 1.165) is 18.4 Å². The maximum atomic E-state index is 4.55. The predicted octanol–water partition coefficient (Wildman–Crippen LogP) is 2.50. The van der Waals surface area contributed by atoms with Crippen LogP contribution < -0.4 is 5.32 Å². The first-order chi connectivity index (χ1) is 6.74. The summed E-state index contributed by atoms with van der Waals surface area (Å²) in [5.41, 5.74) is 0. The molecular weight excluding hydrogens is 192 g/mol. The lowest BCUT2D eigenvalue weighted by Gasteiger charge is -2.21. The van der Waals surface area contributed by atoms with Gasteiger partial charge in [0.2, 0.25) is 0 Å². The van der Waals surface area contributed by atoms with Crippen LogP contribution in [-0.4, -0.2) is 23.5 Å². The summed E-state index contributed by atoms with van der Waals surface area (Å²) in [5, 5.41) is 4.70. The summed E-state index contributed by atoms with van der Waals surface area (Å²) in [6.07, 6.45) is 4.22. The number of rotatable bonds is 3. The van der Waals surface area contributed by atoms with Crippen LogP contribution in [0.5, 0.6) is 0 Å². The summed E-state index contributed by atoms with van der Waals surface area (Å²) in [7, 11) is 0. The molecule has 0 bridgehead atoms. The van der Waals surface area contributed by atoms with Gasteiger partial charge in [0.25, 0.3) is 0 Å². The Morgan fingerprint density at radius 1 is 1.57 bits per heavy atom. The number of hydrogen-bond donors (Lipinski definition) is 1. The highest BCUT2D eigenvalue weighted by Crippen LogP contribution is 2.33. The van der Waals surface area contributed by atoms with Gasteiger partial charge < -0.3 is 5.32 Å². The Morgan fingerprint density at radius 2 is 2.36 bits per heavy atom. The Bertz CT molecular complexity index is 223. The number of nitrogens with one attached hydrogen (secondary N) is 1. The molecule has 1 N–H and O–H groups in total. The zero-order chi connectivity index (χ0) is 9.97. The molecule has 3 heteroatoms. The minimum atomic E-state index is 0.613. The highest BCUT2D eigenvalue weighted by Gasteiger charge is 2.24. The lowest BCUT2D eigenvalue weighted by atomic mass is 10.2. The van der Waals surface area contributed by atoms with Gasteiger partial charge in [0.1, 0.15) is 0 Å². The van der Waals surface area contributed by atoms with Crippen molar-refractivity contribution < 1.29 is 0 Å². The van der Waals surface area contributed by atoms with E-state index in [1.54, 1.807) is 0 Å². The van der Waals surface area contributed by atoms with Crippen LogP contribution in [-0.2, 0) is 0 Å². The molecular formula is C11H20N2S. The molecule has 1 aliphatic carbocycles. The topological polar surface area (TPSA) is 24.4 Å². The van der Waals surface area contributed by atoms with Crippen molar-refractivity contribution in [2.24, 2.45) is 16.8 Å². The molecule has 0 aromatic carbocycles. The van der Waals surface area contributed by atoms with Gasteiger partial charge in [-0.05, 0) is 25.2 Å². The summed E-state index contributed by atoms with van der Waals surface area (Å²) in [4.78, 5) is 4.55. The summed E-state index contributed by atoms with van der Waals surface area (Å²) in [6.45, 7) is 5.55. The van der Waals surface area contributed by atoms with Crippen LogP contribution in [0.1, 0.15) is 33.1 Å². The van der Waals surface area contributed by atoms with Gasteiger partial charge >= 0.3 is 0 Å².